The van der Waals surface area contributed by atoms with Crippen LogP contribution in [-0.2, 0) is 10.2 Å². The number of aliphatic imine (C=N–C) groups is 1. The number of fused-ring (bicyclic) bond motifs is 1. The lowest BCUT2D eigenvalue weighted by Crippen LogP contribution is -2.53. The highest BCUT2D eigenvalue weighted by Gasteiger charge is 2.43. The molecule has 3 N–H and O–H groups in total. The molecule has 0 saturated carbocycles. The Labute approximate surface area is 254 Å². The standard InChI is InChI=1S/C26H27ClF3N7O4S2/c27-18-11-15(28)1-2-17(18)22-21(19-3-7-37(33-19)25(29)30)20-12-16(13-36(20)23(32-22)24-31-6-10-42-24)34-43(40,41)35-8-4-26(39,14-38)5-9-35/h1-3,6-7,10-11,16,22,25,34,38-39H,4-5,8-9,12-14H2/t16-,22-/m0/s1. The Morgan fingerprint density at radius 3 is 2.63 bits per heavy atom. The van der Waals surface area contributed by atoms with Gasteiger partial charge in [-0.15, -0.1) is 11.3 Å². The van der Waals surface area contributed by atoms with Gasteiger partial charge < -0.3 is 15.1 Å². The Hall–Kier alpha value is -2.86. The van der Waals surface area contributed by atoms with E-state index in [1.165, 1.54) is 33.8 Å². The van der Waals surface area contributed by atoms with Crippen LogP contribution in [0.4, 0.5) is 13.2 Å². The molecule has 0 spiro atoms. The van der Waals surface area contributed by atoms with Crippen LogP contribution in [0.1, 0.15) is 48.1 Å². The Kier molecular flexibility index (Phi) is 8.12. The van der Waals surface area contributed by atoms with Crippen molar-refractivity contribution in [3.8, 4) is 0 Å². The number of aliphatic hydroxyl groups excluding tert-OH is 1. The van der Waals surface area contributed by atoms with Gasteiger partial charge in [-0.25, -0.2) is 14.1 Å². The van der Waals surface area contributed by atoms with E-state index in [9.17, 15) is 31.8 Å². The molecular formula is C26H27ClF3N7O4S2. The number of aromatic nitrogens is 3. The maximum atomic E-state index is 14.0. The van der Waals surface area contributed by atoms with E-state index in [4.69, 9.17) is 16.6 Å². The molecule has 0 unspecified atom stereocenters. The zero-order valence-electron chi connectivity index (χ0n) is 22.4. The van der Waals surface area contributed by atoms with Crippen LogP contribution in [0.3, 0.4) is 0 Å². The minimum Gasteiger partial charge on any atom is -0.393 e. The number of aliphatic hydroxyl groups is 2. The molecule has 5 heterocycles. The van der Waals surface area contributed by atoms with Crippen LogP contribution in [-0.4, -0.2) is 86.3 Å². The number of halogens is 4. The van der Waals surface area contributed by atoms with Gasteiger partial charge in [0.05, 0.1) is 17.9 Å². The summed E-state index contributed by atoms with van der Waals surface area (Å²) in [5, 5.41) is 26.2. The zero-order valence-corrected chi connectivity index (χ0v) is 24.8. The molecule has 0 bridgehead atoms. The average Bonchev–Trinajstić information content (AvgIpc) is 3.74. The molecule has 6 rings (SSSR count). The van der Waals surface area contributed by atoms with E-state index in [1.807, 2.05) is 0 Å². The quantitative estimate of drug-likeness (QED) is 0.339. The third kappa shape index (κ3) is 5.84. The molecule has 0 amide bonds. The maximum Gasteiger partial charge on any atom is 0.333 e. The molecule has 3 aliphatic rings. The fourth-order valence-corrected chi connectivity index (χ4v) is 7.92. The van der Waals surface area contributed by atoms with Crippen LogP contribution >= 0.6 is 22.9 Å². The van der Waals surface area contributed by atoms with E-state index in [0.717, 1.165) is 12.3 Å². The van der Waals surface area contributed by atoms with Gasteiger partial charge in [-0.1, -0.05) is 17.7 Å². The first-order valence-electron chi connectivity index (χ1n) is 13.4. The van der Waals surface area contributed by atoms with Gasteiger partial charge in [0.1, 0.15) is 11.9 Å². The molecule has 1 aromatic carbocycles. The number of hydrogen-bond donors (Lipinski definition) is 3. The van der Waals surface area contributed by atoms with Crippen molar-refractivity contribution in [2.45, 2.75) is 43.5 Å². The number of alkyl halides is 2. The lowest BCUT2D eigenvalue weighted by Gasteiger charge is -2.36. The predicted octanol–water partition coefficient (Wildman–Crippen LogP) is 3.17. The molecule has 3 aliphatic heterocycles. The van der Waals surface area contributed by atoms with Crippen molar-refractivity contribution >= 4 is 44.6 Å². The second-order valence-corrected chi connectivity index (χ2v) is 13.6. The first kappa shape index (κ1) is 30.2. The van der Waals surface area contributed by atoms with Gasteiger partial charge in [0.15, 0.2) is 10.8 Å². The number of nitrogens with one attached hydrogen (secondary N) is 1. The lowest BCUT2D eigenvalue weighted by atomic mass is 9.92. The molecule has 2 fully saturated rings. The minimum atomic E-state index is -4.00. The second kappa shape index (κ2) is 11.6. The lowest BCUT2D eigenvalue weighted by molar-refractivity contribution is -0.0481. The van der Waals surface area contributed by atoms with E-state index in [1.54, 1.807) is 16.5 Å². The van der Waals surface area contributed by atoms with Crippen LogP contribution in [0.15, 0.2) is 52.7 Å². The van der Waals surface area contributed by atoms with Gasteiger partial charge in [-0.05, 0) is 31.0 Å². The van der Waals surface area contributed by atoms with Crippen LogP contribution in [0.5, 0.6) is 0 Å². The summed E-state index contributed by atoms with van der Waals surface area (Å²) in [6, 6.07) is 3.74. The molecule has 17 heteroatoms. The van der Waals surface area contributed by atoms with Crippen molar-refractivity contribution in [2.75, 3.05) is 26.2 Å². The normalized spacial score (nSPS) is 22.8. The minimum absolute atomic E-state index is 0.0266. The van der Waals surface area contributed by atoms with Crippen LogP contribution in [0.25, 0.3) is 5.57 Å². The number of thiazole rings is 1. The molecule has 43 heavy (non-hydrogen) atoms. The Morgan fingerprint density at radius 2 is 2.00 bits per heavy atom. The van der Waals surface area contributed by atoms with Crippen molar-refractivity contribution in [3.63, 3.8) is 0 Å². The second-order valence-electron chi connectivity index (χ2n) is 10.6. The van der Waals surface area contributed by atoms with E-state index in [2.05, 4.69) is 14.8 Å². The van der Waals surface area contributed by atoms with E-state index in [-0.39, 0.29) is 49.6 Å². The monoisotopic (exact) mass is 657 g/mol. The fourth-order valence-electron chi connectivity index (χ4n) is 5.62. The highest BCUT2D eigenvalue weighted by molar-refractivity contribution is 7.87. The van der Waals surface area contributed by atoms with Crippen molar-refractivity contribution in [2.24, 2.45) is 4.99 Å². The molecule has 2 atom stereocenters. The number of amidine groups is 1. The topological polar surface area (TPSA) is 136 Å². The summed E-state index contributed by atoms with van der Waals surface area (Å²) >= 11 is 7.80. The van der Waals surface area contributed by atoms with Crippen molar-refractivity contribution in [3.05, 3.63) is 74.8 Å². The molecule has 2 saturated heterocycles. The van der Waals surface area contributed by atoms with Crippen LogP contribution in [0, 0.1) is 5.82 Å². The fraction of sp³-hybridized carbons (Fsp3) is 0.423. The molecule has 230 valence electrons. The van der Waals surface area contributed by atoms with E-state index < -0.39 is 46.9 Å². The highest BCUT2D eigenvalue weighted by atomic mass is 35.5. The number of hydrogen-bond acceptors (Lipinski definition) is 9. The summed E-state index contributed by atoms with van der Waals surface area (Å²) in [5.74, 6) is -0.128. The summed E-state index contributed by atoms with van der Waals surface area (Å²) < 4.78 is 72.4. The molecular weight excluding hydrogens is 631 g/mol. The Morgan fingerprint density at radius 1 is 1.23 bits per heavy atom. The van der Waals surface area contributed by atoms with E-state index >= 15 is 0 Å². The van der Waals surface area contributed by atoms with Gasteiger partial charge in [0.25, 0.3) is 10.2 Å². The zero-order chi connectivity index (χ0) is 30.5. The summed E-state index contributed by atoms with van der Waals surface area (Å²) in [6.07, 6.45) is 3.07. The molecule has 0 radical (unpaired) electrons. The summed E-state index contributed by atoms with van der Waals surface area (Å²) in [6.45, 7) is -3.14. The summed E-state index contributed by atoms with van der Waals surface area (Å²) in [4.78, 5) is 11.1. The van der Waals surface area contributed by atoms with E-state index in [0.29, 0.717) is 32.4 Å². The smallest absolute Gasteiger partial charge is 0.333 e. The van der Waals surface area contributed by atoms with Crippen LogP contribution < -0.4 is 4.72 Å². The highest BCUT2D eigenvalue weighted by Crippen LogP contribution is 2.46. The number of nitrogens with zero attached hydrogens (tertiary/aromatic N) is 6. The largest absolute Gasteiger partial charge is 0.393 e. The van der Waals surface area contributed by atoms with Crippen molar-refractivity contribution < 1.29 is 31.8 Å². The van der Waals surface area contributed by atoms with Crippen molar-refractivity contribution in [1.29, 1.82) is 0 Å². The molecule has 0 aliphatic carbocycles. The van der Waals surface area contributed by atoms with Crippen LogP contribution in [0.2, 0.25) is 5.02 Å². The third-order valence-corrected chi connectivity index (χ3v) is 10.6. The predicted molar refractivity (Wildman–Crippen MR) is 153 cm³/mol. The van der Waals surface area contributed by atoms with Gasteiger partial charge >= 0.3 is 6.55 Å². The maximum absolute atomic E-state index is 14.0. The van der Waals surface area contributed by atoms with Gasteiger partial charge in [0, 0.05) is 71.7 Å². The number of rotatable bonds is 8. The average molecular weight is 658 g/mol. The molecule has 11 nitrogen and oxygen atoms in total. The SMILES string of the molecule is O=S(=O)(N[C@H]1CC2=C(c3ccn(C(F)F)n3)[C@H](c3ccc(F)cc3Cl)N=C(c3nccs3)N2C1)N1CCC(O)(CO)CC1. The number of benzene rings is 1. The van der Waals surface area contributed by atoms with Gasteiger partial charge in [-0.2, -0.15) is 31.3 Å². The first-order chi connectivity index (χ1) is 20.5. The number of piperidine rings is 1. The Bertz CT molecular complexity index is 1670. The first-order valence-corrected chi connectivity index (χ1v) is 16.1. The molecule has 3 aromatic rings. The summed E-state index contributed by atoms with van der Waals surface area (Å²) in [5.41, 5.74) is 0.305. The Balaban J connectivity index is 1.41. The molecule has 2 aromatic heterocycles. The third-order valence-electron chi connectivity index (χ3n) is 7.83. The van der Waals surface area contributed by atoms with Gasteiger partial charge in [0.2, 0.25) is 0 Å². The van der Waals surface area contributed by atoms with Crippen molar-refractivity contribution in [1.82, 2.24) is 28.7 Å². The van der Waals surface area contributed by atoms with Gasteiger partial charge in [-0.3, -0.25) is 4.99 Å². The summed E-state index contributed by atoms with van der Waals surface area (Å²) in [7, 11) is -4.00.